The maximum Gasteiger partial charge on any atom is 0.165 e. The predicted octanol–water partition coefficient (Wildman–Crippen LogP) is 2.20. The first-order chi connectivity index (χ1) is 9.29. The van der Waals surface area contributed by atoms with E-state index in [4.69, 9.17) is 17.3 Å². The van der Waals surface area contributed by atoms with Crippen molar-refractivity contribution in [2.45, 2.75) is 12.4 Å². The number of rotatable bonds is 3. The standard InChI is InChI=1S/C13H12ClN5/c14-5-9-3-1-2-4-10(9)6-19-8-18-11-12(15)16-7-17-13(11)19/h1-4,7-8H,5-6H2,(H2,15,16,17). The van der Waals surface area contributed by atoms with E-state index in [0.29, 0.717) is 23.8 Å². The van der Waals surface area contributed by atoms with E-state index >= 15 is 0 Å². The molecule has 0 atom stereocenters. The lowest BCUT2D eigenvalue weighted by Crippen LogP contribution is -2.02. The first kappa shape index (κ1) is 11.9. The number of fused-ring (bicyclic) bond motifs is 1. The van der Waals surface area contributed by atoms with Gasteiger partial charge in [-0.2, -0.15) is 0 Å². The zero-order chi connectivity index (χ0) is 13.2. The Morgan fingerprint density at radius 2 is 1.89 bits per heavy atom. The number of hydrogen-bond donors (Lipinski definition) is 1. The summed E-state index contributed by atoms with van der Waals surface area (Å²) in [7, 11) is 0. The summed E-state index contributed by atoms with van der Waals surface area (Å²) < 4.78 is 1.94. The van der Waals surface area contributed by atoms with Crippen LogP contribution in [0.1, 0.15) is 11.1 Å². The molecular weight excluding hydrogens is 262 g/mol. The van der Waals surface area contributed by atoms with Crippen LogP contribution in [0.25, 0.3) is 11.2 Å². The summed E-state index contributed by atoms with van der Waals surface area (Å²) in [6, 6.07) is 8.04. The largest absolute Gasteiger partial charge is 0.382 e. The molecule has 0 unspecified atom stereocenters. The Morgan fingerprint density at radius 3 is 2.68 bits per heavy atom. The van der Waals surface area contributed by atoms with Crippen molar-refractivity contribution in [2.24, 2.45) is 0 Å². The Hall–Kier alpha value is -2.14. The number of hydrogen-bond acceptors (Lipinski definition) is 4. The van der Waals surface area contributed by atoms with E-state index in [-0.39, 0.29) is 0 Å². The van der Waals surface area contributed by atoms with Gasteiger partial charge in [0.1, 0.15) is 11.8 Å². The summed E-state index contributed by atoms with van der Waals surface area (Å²) in [5, 5.41) is 0. The second-order valence-corrected chi connectivity index (χ2v) is 4.47. The molecule has 0 spiro atoms. The highest BCUT2D eigenvalue weighted by atomic mass is 35.5. The van der Waals surface area contributed by atoms with Crippen molar-refractivity contribution in [1.82, 2.24) is 19.5 Å². The SMILES string of the molecule is Nc1ncnc2c1ncn2Cc1ccccc1CCl. The predicted molar refractivity (Wildman–Crippen MR) is 74.8 cm³/mol. The van der Waals surface area contributed by atoms with Crippen LogP contribution in [-0.4, -0.2) is 19.5 Å². The van der Waals surface area contributed by atoms with E-state index in [1.54, 1.807) is 6.33 Å². The number of aromatic nitrogens is 4. The van der Waals surface area contributed by atoms with E-state index in [1.807, 2.05) is 28.8 Å². The fourth-order valence-electron chi connectivity index (χ4n) is 2.04. The maximum atomic E-state index is 5.95. The van der Waals surface area contributed by atoms with Crippen LogP contribution in [0.4, 0.5) is 5.82 Å². The number of anilines is 1. The molecule has 96 valence electrons. The number of halogens is 1. The lowest BCUT2D eigenvalue weighted by atomic mass is 10.1. The fraction of sp³-hybridized carbons (Fsp3) is 0.154. The van der Waals surface area contributed by atoms with Gasteiger partial charge in [0, 0.05) is 5.88 Å². The first-order valence-electron chi connectivity index (χ1n) is 5.83. The molecular formula is C13H12ClN5. The fourth-order valence-corrected chi connectivity index (χ4v) is 2.30. The Labute approximate surface area is 115 Å². The normalized spacial score (nSPS) is 11.0. The molecule has 2 N–H and O–H groups in total. The molecule has 0 bridgehead atoms. The number of imidazole rings is 1. The van der Waals surface area contributed by atoms with Crippen LogP contribution in [0.3, 0.4) is 0 Å². The molecule has 0 radical (unpaired) electrons. The van der Waals surface area contributed by atoms with Gasteiger partial charge in [-0.1, -0.05) is 24.3 Å². The van der Waals surface area contributed by atoms with Gasteiger partial charge in [0.25, 0.3) is 0 Å². The minimum absolute atomic E-state index is 0.398. The minimum atomic E-state index is 0.398. The zero-order valence-corrected chi connectivity index (χ0v) is 10.9. The maximum absolute atomic E-state index is 5.95. The zero-order valence-electron chi connectivity index (χ0n) is 10.1. The van der Waals surface area contributed by atoms with Gasteiger partial charge >= 0.3 is 0 Å². The number of alkyl halides is 1. The second kappa shape index (κ2) is 4.85. The van der Waals surface area contributed by atoms with E-state index in [1.165, 1.54) is 6.33 Å². The summed E-state index contributed by atoms with van der Waals surface area (Å²) in [6.45, 7) is 0.663. The molecule has 0 aliphatic heterocycles. The Bertz CT molecular complexity index is 722. The van der Waals surface area contributed by atoms with Crippen molar-refractivity contribution in [3.05, 3.63) is 48.0 Å². The van der Waals surface area contributed by atoms with Crippen LogP contribution in [0, 0.1) is 0 Å². The third-order valence-electron chi connectivity index (χ3n) is 3.03. The molecule has 0 saturated heterocycles. The minimum Gasteiger partial charge on any atom is -0.382 e. The molecule has 0 saturated carbocycles. The highest BCUT2D eigenvalue weighted by molar-refractivity contribution is 6.17. The number of nitrogens with two attached hydrogens (primary N) is 1. The van der Waals surface area contributed by atoms with Crippen molar-refractivity contribution in [1.29, 1.82) is 0 Å². The third-order valence-corrected chi connectivity index (χ3v) is 3.32. The highest BCUT2D eigenvalue weighted by Gasteiger charge is 2.09. The molecule has 2 aromatic heterocycles. The summed E-state index contributed by atoms with van der Waals surface area (Å²) in [5.41, 5.74) is 9.39. The monoisotopic (exact) mass is 273 g/mol. The summed E-state index contributed by atoms with van der Waals surface area (Å²) in [6.07, 6.45) is 3.17. The number of nitrogen functional groups attached to an aromatic ring is 1. The van der Waals surface area contributed by atoms with Gasteiger partial charge in [0.05, 0.1) is 12.9 Å². The van der Waals surface area contributed by atoms with Crippen molar-refractivity contribution < 1.29 is 0 Å². The summed E-state index contributed by atoms with van der Waals surface area (Å²) in [5.74, 6) is 0.884. The number of nitrogens with zero attached hydrogens (tertiary/aromatic N) is 4. The molecule has 0 fully saturated rings. The topological polar surface area (TPSA) is 69.6 Å². The van der Waals surface area contributed by atoms with Crippen molar-refractivity contribution in [2.75, 3.05) is 5.73 Å². The van der Waals surface area contributed by atoms with Gasteiger partial charge in [-0.15, -0.1) is 11.6 Å². The highest BCUT2D eigenvalue weighted by Crippen LogP contribution is 2.18. The van der Waals surface area contributed by atoms with E-state index in [0.717, 1.165) is 16.8 Å². The van der Waals surface area contributed by atoms with Crippen LogP contribution in [0.2, 0.25) is 0 Å². The van der Waals surface area contributed by atoms with Gasteiger partial charge in [-0.05, 0) is 11.1 Å². The Morgan fingerprint density at radius 1 is 1.11 bits per heavy atom. The number of benzene rings is 1. The van der Waals surface area contributed by atoms with Gasteiger partial charge in [0.15, 0.2) is 11.5 Å². The van der Waals surface area contributed by atoms with Crippen LogP contribution in [0.5, 0.6) is 0 Å². The van der Waals surface area contributed by atoms with Crippen molar-refractivity contribution in [3.63, 3.8) is 0 Å². The molecule has 3 aromatic rings. The molecule has 6 heteroatoms. The van der Waals surface area contributed by atoms with Gasteiger partial charge in [0.2, 0.25) is 0 Å². The van der Waals surface area contributed by atoms with Crippen molar-refractivity contribution in [3.8, 4) is 0 Å². The Balaban J connectivity index is 2.04. The molecule has 0 amide bonds. The van der Waals surface area contributed by atoms with E-state index < -0.39 is 0 Å². The van der Waals surface area contributed by atoms with Crippen LogP contribution >= 0.6 is 11.6 Å². The summed E-state index contributed by atoms with van der Waals surface area (Å²) in [4.78, 5) is 12.4. The van der Waals surface area contributed by atoms with Gasteiger partial charge < -0.3 is 10.3 Å². The average Bonchev–Trinajstić information content (AvgIpc) is 2.84. The van der Waals surface area contributed by atoms with Crippen molar-refractivity contribution >= 4 is 28.6 Å². The second-order valence-electron chi connectivity index (χ2n) is 4.21. The lowest BCUT2D eigenvalue weighted by Gasteiger charge is -2.08. The smallest absolute Gasteiger partial charge is 0.165 e. The third kappa shape index (κ3) is 2.13. The molecule has 3 rings (SSSR count). The van der Waals surface area contributed by atoms with Gasteiger partial charge in [-0.25, -0.2) is 15.0 Å². The van der Waals surface area contributed by atoms with Crippen LogP contribution in [-0.2, 0) is 12.4 Å². The molecule has 5 nitrogen and oxygen atoms in total. The quantitative estimate of drug-likeness (QED) is 0.743. The molecule has 1 aromatic carbocycles. The Kier molecular flexibility index (Phi) is 3.05. The molecule has 0 aliphatic rings. The van der Waals surface area contributed by atoms with E-state index in [9.17, 15) is 0 Å². The molecule has 0 aliphatic carbocycles. The van der Waals surface area contributed by atoms with Gasteiger partial charge in [-0.3, -0.25) is 0 Å². The molecule has 2 heterocycles. The van der Waals surface area contributed by atoms with Crippen LogP contribution in [0.15, 0.2) is 36.9 Å². The lowest BCUT2D eigenvalue weighted by molar-refractivity contribution is 0.806. The molecule has 19 heavy (non-hydrogen) atoms. The van der Waals surface area contributed by atoms with E-state index in [2.05, 4.69) is 15.0 Å². The summed E-state index contributed by atoms with van der Waals surface area (Å²) >= 11 is 5.95. The first-order valence-corrected chi connectivity index (χ1v) is 6.37. The van der Waals surface area contributed by atoms with Crippen LogP contribution < -0.4 is 5.73 Å². The average molecular weight is 274 g/mol.